The fourth-order valence-corrected chi connectivity index (χ4v) is 1.91. The van der Waals surface area contributed by atoms with Crippen LogP contribution in [0.4, 0.5) is 11.4 Å². The lowest BCUT2D eigenvalue weighted by Gasteiger charge is -2.08. The number of carbonyl (C=O) groups excluding carboxylic acids is 1. The fraction of sp³-hybridized carbons (Fsp3) is 0. The molecule has 5 heteroatoms. The summed E-state index contributed by atoms with van der Waals surface area (Å²) in [6.07, 6.45) is 0. The van der Waals surface area contributed by atoms with E-state index in [2.05, 4.69) is 21.2 Å². The van der Waals surface area contributed by atoms with Crippen molar-refractivity contribution in [2.24, 2.45) is 0 Å². The fourth-order valence-electron chi connectivity index (χ4n) is 1.43. The summed E-state index contributed by atoms with van der Waals surface area (Å²) >= 11 is 9.12. The molecular weight excluding hydrogens is 316 g/mol. The predicted molar refractivity (Wildman–Crippen MR) is 78.0 cm³/mol. The Balaban J connectivity index is 2.21. The van der Waals surface area contributed by atoms with Crippen molar-refractivity contribution >= 4 is 44.8 Å². The number of halogens is 2. The molecule has 2 aromatic carbocycles. The van der Waals surface area contributed by atoms with Gasteiger partial charge in [0.25, 0.3) is 5.91 Å². The number of rotatable bonds is 2. The Bertz CT molecular complexity index is 584. The van der Waals surface area contributed by atoms with E-state index >= 15 is 0 Å². The molecule has 0 atom stereocenters. The zero-order valence-corrected chi connectivity index (χ0v) is 11.6. The Hall–Kier alpha value is -1.52. The first kappa shape index (κ1) is 12.9. The van der Waals surface area contributed by atoms with Crippen molar-refractivity contribution in [1.29, 1.82) is 0 Å². The summed E-state index contributed by atoms with van der Waals surface area (Å²) in [5.41, 5.74) is 7.43. The molecule has 18 heavy (non-hydrogen) atoms. The molecular formula is C13H10BrClN2O. The van der Waals surface area contributed by atoms with E-state index in [9.17, 15) is 4.79 Å². The number of hydrogen-bond donors (Lipinski definition) is 2. The molecule has 1 amide bonds. The average molecular weight is 326 g/mol. The van der Waals surface area contributed by atoms with Crippen molar-refractivity contribution in [3.05, 3.63) is 57.5 Å². The van der Waals surface area contributed by atoms with Crippen molar-refractivity contribution in [1.82, 2.24) is 0 Å². The van der Waals surface area contributed by atoms with Crippen LogP contribution in [-0.4, -0.2) is 5.91 Å². The van der Waals surface area contributed by atoms with Crippen molar-refractivity contribution < 1.29 is 4.79 Å². The second-order valence-electron chi connectivity index (χ2n) is 3.70. The van der Waals surface area contributed by atoms with Crippen LogP contribution in [0.15, 0.2) is 46.9 Å². The van der Waals surface area contributed by atoms with Gasteiger partial charge in [0.1, 0.15) is 0 Å². The van der Waals surface area contributed by atoms with Gasteiger partial charge in [-0.1, -0.05) is 11.6 Å². The number of amides is 1. The second kappa shape index (κ2) is 5.42. The molecule has 3 N–H and O–H groups in total. The molecule has 0 aromatic heterocycles. The zero-order valence-electron chi connectivity index (χ0n) is 9.28. The summed E-state index contributed by atoms with van der Waals surface area (Å²) in [6.45, 7) is 0. The number of nitrogens with two attached hydrogens (primary N) is 1. The van der Waals surface area contributed by atoms with Crippen LogP contribution in [0.3, 0.4) is 0 Å². The minimum Gasteiger partial charge on any atom is -0.399 e. The first-order valence-corrected chi connectivity index (χ1v) is 6.35. The molecule has 0 aliphatic rings. The van der Waals surface area contributed by atoms with Crippen LogP contribution >= 0.6 is 27.5 Å². The smallest absolute Gasteiger partial charge is 0.255 e. The van der Waals surface area contributed by atoms with Gasteiger partial charge in [0, 0.05) is 20.7 Å². The monoisotopic (exact) mass is 324 g/mol. The van der Waals surface area contributed by atoms with E-state index in [1.54, 1.807) is 42.5 Å². The Kier molecular flexibility index (Phi) is 3.89. The van der Waals surface area contributed by atoms with Gasteiger partial charge in [-0.25, -0.2) is 0 Å². The lowest BCUT2D eigenvalue weighted by atomic mass is 10.2. The summed E-state index contributed by atoms with van der Waals surface area (Å²) in [5, 5.41) is 3.37. The summed E-state index contributed by atoms with van der Waals surface area (Å²) < 4.78 is 0.777. The van der Waals surface area contributed by atoms with E-state index in [0.717, 1.165) is 4.47 Å². The van der Waals surface area contributed by atoms with Gasteiger partial charge < -0.3 is 11.1 Å². The molecule has 0 spiro atoms. The topological polar surface area (TPSA) is 55.1 Å². The Labute approximate surface area is 118 Å². The van der Waals surface area contributed by atoms with E-state index in [1.165, 1.54) is 0 Å². The highest BCUT2D eigenvalue weighted by Crippen LogP contribution is 2.25. The summed E-state index contributed by atoms with van der Waals surface area (Å²) in [5.74, 6) is -0.210. The molecule has 0 aliphatic carbocycles. The van der Waals surface area contributed by atoms with Gasteiger partial charge in [0.05, 0.1) is 5.69 Å². The van der Waals surface area contributed by atoms with E-state index in [4.69, 9.17) is 17.3 Å². The molecule has 0 saturated carbocycles. The molecule has 0 radical (unpaired) electrons. The third kappa shape index (κ3) is 3.03. The van der Waals surface area contributed by atoms with Crippen molar-refractivity contribution in [3.63, 3.8) is 0 Å². The normalized spacial score (nSPS) is 10.1. The second-order valence-corrected chi connectivity index (χ2v) is 4.99. The number of carbonyl (C=O) groups is 1. The molecule has 0 fully saturated rings. The summed E-state index contributed by atoms with van der Waals surface area (Å²) in [6, 6.07) is 11.9. The zero-order chi connectivity index (χ0) is 13.1. The molecule has 0 saturated heterocycles. The van der Waals surface area contributed by atoms with Crippen LogP contribution in [0.5, 0.6) is 0 Å². The van der Waals surface area contributed by atoms with Crippen LogP contribution in [0.2, 0.25) is 5.02 Å². The summed E-state index contributed by atoms with van der Waals surface area (Å²) in [4.78, 5) is 12.0. The van der Waals surface area contributed by atoms with Gasteiger partial charge >= 0.3 is 0 Å². The number of nitrogens with one attached hydrogen (secondary N) is 1. The Morgan fingerprint density at radius 2 is 1.83 bits per heavy atom. The van der Waals surface area contributed by atoms with Gasteiger partial charge in [0.2, 0.25) is 0 Å². The van der Waals surface area contributed by atoms with Gasteiger partial charge in [0.15, 0.2) is 0 Å². The molecule has 2 rings (SSSR count). The van der Waals surface area contributed by atoms with Crippen LogP contribution in [0, 0.1) is 0 Å². The highest BCUT2D eigenvalue weighted by atomic mass is 79.9. The maximum Gasteiger partial charge on any atom is 0.255 e. The Morgan fingerprint density at radius 1 is 1.17 bits per heavy atom. The third-order valence-corrected chi connectivity index (χ3v) is 3.29. The number of hydrogen-bond acceptors (Lipinski definition) is 2. The largest absolute Gasteiger partial charge is 0.399 e. The molecule has 0 bridgehead atoms. The van der Waals surface area contributed by atoms with Crippen LogP contribution < -0.4 is 11.1 Å². The number of anilines is 2. The summed E-state index contributed by atoms with van der Waals surface area (Å²) in [7, 11) is 0. The van der Waals surface area contributed by atoms with Crippen LogP contribution in [0.1, 0.15) is 10.4 Å². The average Bonchev–Trinajstić information content (AvgIpc) is 2.34. The first-order chi connectivity index (χ1) is 8.56. The maximum atomic E-state index is 12.0. The maximum absolute atomic E-state index is 12.0. The third-order valence-electron chi connectivity index (χ3n) is 2.35. The SMILES string of the molecule is Nc1ccc(Br)c(NC(=O)c2ccc(Cl)cc2)c1. The minimum absolute atomic E-state index is 0.210. The van der Waals surface area contributed by atoms with Crippen LogP contribution in [-0.2, 0) is 0 Å². The molecule has 2 aromatic rings. The lowest BCUT2D eigenvalue weighted by molar-refractivity contribution is 0.102. The van der Waals surface area contributed by atoms with Gasteiger partial charge in [-0.2, -0.15) is 0 Å². The predicted octanol–water partition coefficient (Wildman–Crippen LogP) is 3.94. The minimum atomic E-state index is -0.210. The molecule has 0 heterocycles. The van der Waals surface area contributed by atoms with E-state index in [1.807, 2.05) is 0 Å². The van der Waals surface area contributed by atoms with Crippen molar-refractivity contribution in [3.8, 4) is 0 Å². The van der Waals surface area contributed by atoms with Crippen LogP contribution in [0.25, 0.3) is 0 Å². The van der Waals surface area contributed by atoms with Gasteiger partial charge in [-0.05, 0) is 58.4 Å². The molecule has 0 unspecified atom stereocenters. The number of nitrogen functional groups attached to an aromatic ring is 1. The quantitative estimate of drug-likeness (QED) is 0.822. The van der Waals surface area contributed by atoms with Crippen molar-refractivity contribution in [2.45, 2.75) is 0 Å². The molecule has 0 aliphatic heterocycles. The van der Waals surface area contributed by atoms with Gasteiger partial charge in [-0.3, -0.25) is 4.79 Å². The number of benzene rings is 2. The molecule has 92 valence electrons. The first-order valence-electron chi connectivity index (χ1n) is 5.18. The standard InChI is InChI=1S/C13H10BrClN2O/c14-11-6-5-10(16)7-12(11)17-13(18)8-1-3-9(15)4-2-8/h1-7H,16H2,(H,17,18). The van der Waals surface area contributed by atoms with E-state index in [-0.39, 0.29) is 5.91 Å². The highest BCUT2D eigenvalue weighted by Gasteiger charge is 2.08. The van der Waals surface area contributed by atoms with Gasteiger partial charge in [-0.15, -0.1) is 0 Å². The van der Waals surface area contributed by atoms with E-state index in [0.29, 0.717) is 22.0 Å². The molecule has 3 nitrogen and oxygen atoms in total. The lowest BCUT2D eigenvalue weighted by Crippen LogP contribution is -2.12. The Morgan fingerprint density at radius 3 is 2.50 bits per heavy atom. The van der Waals surface area contributed by atoms with Crippen molar-refractivity contribution in [2.75, 3.05) is 11.1 Å². The highest BCUT2D eigenvalue weighted by molar-refractivity contribution is 9.10. The van der Waals surface area contributed by atoms with E-state index < -0.39 is 0 Å².